The second-order valence-electron chi connectivity index (χ2n) is 12.0. The molecular formula is C28H38O5. The molecule has 9 atom stereocenters. The fourth-order valence-corrected chi connectivity index (χ4v) is 8.38. The van der Waals surface area contributed by atoms with Gasteiger partial charge in [0.25, 0.3) is 0 Å². The van der Waals surface area contributed by atoms with E-state index in [-0.39, 0.29) is 46.9 Å². The van der Waals surface area contributed by atoms with E-state index in [0.717, 1.165) is 24.8 Å². The molecule has 5 heteroatoms. The van der Waals surface area contributed by atoms with E-state index in [4.69, 9.17) is 4.74 Å². The highest BCUT2D eigenvalue weighted by molar-refractivity contribution is 5.97. The average molecular weight is 455 g/mol. The molecule has 0 aromatic carbocycles. The van der Waals surface area contributed by atoms with Crippen LogP contribution < -0.4 is 0 Å². The van der Waals surface area contributed by atoms with Crippen molar-refractivity contribution in [3.63, 3.8) is 0 Å². The SMILES string of the molecule is CC1=C(C)C(=O)O[C@@H]([C@@H](C)[C@@]2(O)CC[C@H]3[C@@H]4C=C[C@@]5(O)CC=CC(=O)[C@]5(C)[C@@H]4CC[C@@]32C)C1. The van der Waals surface area contributed by atoms with Gasteiger partial charge < -0.3 is 14.9 Å². The molecule has 0 bridgehead atoms. The number of aliphatic hydroxyl groups is 2. The molecule has 0 aromatic heterocycles. The fraction of sp³-hybridized carbons (Fsp3) is 0.714. The van der Waals surface area contributed by atoms with Crippen molar-refractivity contribution in [2.24, 2.45) is 34.5 Å². The Bertz CT molecular complexity index is 992. The van der Waals surface area contributed by atoms with Crippen LogP contribution in [0.2, 0.25) is 0 Å². The van der Waals surface area contributed by atoms with E-state index in [1.807, 2.05) is 26.8 Å². The summed E-state index contributed by atoms with van der Waals surface area (Å²) in [5.41, 5.74) is -1.52. The zero-order valence-corrected chi connectivity index (χ0v) is 20.6. The average Bonchev–Trinajstić information content (AvgIpc) is 3.05. The van der Waals surface area contributed by atoms with Crippen molar-refractivity contribution < 1.29 is 24.5 Å². The van der Waals surface area contributed by atoms with Crippen LogP contribution >= 0.6 is 0 Å². The summed E-state index contributed by atoms with van der Waals surface area (Å²) in [6, 6.07) is 0. The monoisotopic (exact) mass is 454 g/mol. The third kappa shape index (κ3) is 2.78. The molecule has 2 fully saturated rings. The normalized spacial score (nSPS) is 49.9. The maximum absolute atomic E-state index is 13.1. The molecule has 0 aromatic rings. The summed E-state index contributed by atoms with van der Waals surface area (Å²) in [7, 11) is 0. The summed E-state index contributed by atoms with van der Waals surface area (Å²) in [6.07, 6.45) is 11.4. The molecule has 0 spiro atoms. The minimum absolute atomic E-state index is 0.0209. The number of cyclic esters (lactones) is 1. The largest absolute Gasteiger partial charge is 0.458 e. The molecule has 0 amide bonds. The highest BCUT2D eigenvalue weighted by atomic mass is 16.5. The molecule has 0 unspecified atom stereocenters. The summed E-state index contributed by atoms with van der Waals surface area (Å²) in [6.45, 7) is 9.98. The number of ketones is 1. The van der Waals surface area contributed by atoms with Gasteiger partial charge >= 0.3 is 5.97 Å². The third-order valence-electron chi connectivity index (χ3n) is 11.0. The van der Waals surface area contributed by atoms with Gasteiger partial charge in [0.15, 0.2) is 5.78 Å². The molecule has 4 aliphatic carbocycles. The van der Waals surface area contributed by atoms with E-state index >= 15 is 0 Å². The first-order chi connectivity index (χ1) is 15.4. The van der Waals surface area contributed by atoms with Crippen LogP contribution in [-0.2, 0) is 14.3 Å². The summed E-state index contributed by atoms with van der Waals surface area (Å²) in [4.78, 5) is 25.5. The maximum atomic E-state index is 13.1. The molecule has 180 valence electrons. The van der Waals surface area contributed by atoms with Crippen molar-refractivity contribution in [1.29, 1.82) is 0 Å². The molecular weight excluding hydrogens is 416 g/mol. The van der Waals surface area contributed by atoms with Crippen LogP contribution in [0.4, 0.5) is 0 Å². The van der Waals surface area contributed by atoms with Gasteiger partial charge in [-0.25, -0.2) is 4.79 Å². The van der Waals surface area contributed by atoms with Crippen LogP contribution in [0, 0.1) is 34.5 Å². The summed E-state index contributed by atoms with van der Waals surface area (Å²) in [5.74, 6) is -0.0148. The van der Waals surface area contributed by atoms with Gasteiger partial charge in [0.1, 0.15) is 6.10 Å². The number of esters is 1. The first kappa shape index (κ1) is 23.0. The van der Waals surface area contributed by atoms with E-state index in [0.29, 0.717) is 24.8 Å². The summed E-state index contributed by atoms with van der Waals surface area (Å²) >= 11 is 0. The van der Waals surface area contributed by atoms with Gasteiger partial charge in [0.2, 0.25) is 0 Å². The van der Waals surface area contributed by atoms with Crippen LogP contribution in [0.1, 0.15) is 73.1 Å². The van der Waals surface area contributed by atoms with E-state index in [9.17, 15) is 19.8 Å². The van der Waals surface area contributed by atoms with Gasteiger partial charge in [-0.2, -0.15) is 0 Å². The smallest absolute Gasteiger partial charge is 0.333 e. The Kier molecular flexibility index (Phi) is 4.99. The molecule has 2 saturated carbocycles. The summed E-state index contributed by atoms with van der Waals surface area (Å²) < 4.78 is 5.80. The van der Waals surface area contributed by atoms with Gasteiger partial charge in [0.05, 0.1) is 16.6 Å². The van der Waals surface area contributed by atoms with E-state index in [1.165, 1.54) is 0 Å². The first-order valence-corrected chi connectivity index (χ1v) is 12.6. The van der Waals surface area contributed by atoms with Gasteiger partial charge in [-0.05, 0) is 76.7 Å². The van der Waals surface area contributed by atoms with Gasteiger partial charge in [-0.3, -0.25) is 4.79 Å². The van der Waals surface area contributed by atoms with E-state index in [2.05, 4.69) is 13.0 Å². The van der Waals surface area contributed by atoms with Gasteiger partial charge in [-0.15, -0.1) is 0 Å². The predicted octanol–water partition coefficient (Wildman–Crippen LogP) is 4.28. The molecule has 2 N–H and O–H groups in total. The van der Waals surface area contributed by atoms with Gasteiger partial charge in [-0.1, -0.05) is 37.6 Å². The number of hydrogen-bond acceptors (Lipinski definition) is 5. The molecule has 1 aliphatic heterocycles. The predicted molar refractivity (Wildman–Crippen MR) is 125 cm³/mol. The van der Waals surface area contributed by atoms with Crippen LogP contribution in [0.3, 0.4) is 0 Å². The van der Waals surface area contributed by atoms with Crippen molar-refractivity contribution in [2.45, 2.75) is 90.4 Å². The number of allylic oxidation sites excluding steroid dienone is 2. The Balaban J connectivity index is 1.47. The quantitative estimate of drug-likeness (QED) is 0.481. The van der Waals surface area contributed by atoms with E-state index in [1.54, 1.807) is 19.1 Å². The van der Waals surface area contributed by atoms with Crippen LogP contribution in [-0.4, -0.2) is 39.3 Å². The van der Waals surface area contributed by atoms with Crippen LogP contribution in [0.15, 0.2) is 35.5 Å². The molecule has 0 saturated heterocycles. The summed E-state index contributed by atoms with van der Waals surface area (Å²) in [5, 5.41) is 23.7. The number of hydrogen-bond donors (Lipinski definition) is 2. The standard InChI is InChI=1S/C28H38O5/c1-16-15-22(33-24(30)17(16)2)18(3)28(32)14-10-20-19-8-13-27(31)11-6-7-23(29)26(27,5)21(19)9-12-25(20,28)4/h6-8,13,18-22,31-32H,9-12,14-15H2,1-5H3/t18-,19+,20+,21-,22-,25+,26+,27+,28+/m1/s1. The molecule has 5 rings (SSSR count). The molecule has 5 nitrogen and oxygen atoms in total. The van der Waals surface area contributed by atoms with E-state index < -0.39 is 16.6 Å². The Morgan fingerprint density at radius 3 is 2.48 bits per heavy atom. The zero-order valence-electron chi connectivity index (χ0n) is 20.6. The number of carbonyl (C=O) groups is 2. The molecule has 33 heavy (non-hydrogen) atoms. The first-order valence-electron chi connectivity index (χ1n) is 12.6. The third-order valence-corrected chi connectivity index (χ3v) is 11.0. The highest BCUT2D eigenvalue weighted by Gasteiger charge is 2.68. The lowest BCUT2D eigenvalue weighted by Crippen LogP contribution is -2.63. The number of ether oxygens (including phenoxy) is 1. The Morgan fingerprint density at radius 1 is 1.09 bits per heavy atom. The zero-order chi connectivity index (χ0) is 24.0. The molecule has 5 aliphatic rings. The lowest BCUT2D eigenvalue weighted by molar-refractivity contribution is -0.188. The lowest BCUT2D eigenvalue weighted by atomic mass is 9.45. The van der Waals surface area contributed by atoms with Crippen molar-refractivity contribution in [3.05, 3.63) is 35.5 Å². The Morgan fingerprint density at radius 2 is 1.79 bits per heavy atom. The Hall–Kier alpha value is -1.72. The minimum Gasteiger partial charge on any atom is -0.458 e. The highest BCUT2D eigenvalue weighted by Crippen LogP contribution is 2.68. The molecule has 0 radical (unpaired) electrons. The molecule has 1 heterocycles. The lowest BCUT2D eigenvalue weighted by Gasteiger charge is -2.60. The Labute approximate surface area is 197 Å². The van der Waals surface area contributed by atoms with Crippen molar-refractivity contribution in [1.82, 2.24) is 0 Å². The fourth-order valence-electron chi connectivity index (χ4n) is 8.38. The van der Waals surface area contributed by atoms with Crippen molar-refractivity contribution in [3.8, 4) is 0 Å². The number of carbonyl (C=O) groups excluding carboxylic acids is 2. The maximum Gasteiger partial charge on any atom is 0.333 e. The second-order valence-corrected chi connectivity index (χ2v) is 12.0. The topological polar surface area (TPSA) is 83.8 Å². The van der Waals surface area contributed by atoms with Crippen molar-refractivity contribution in [2.75, 3.05) is 0 Å². The number of fused-ring (bicyclic) bond motifs is 5. The van der Waals surface area contributed by atoms with Gasteiger partial charge in [0, 0.05) is 23.3 Å². The van der Waals surface area contributed by atoms with Crippen molar-refractivity contribution >= 4 is 11.8 Å². The van der Waals surface area contributed by atoms with Crippen LogP contribution in [0.25, 0.3) is 0 Å². The second kappa shape index (κ2) is 7.14. The van der Waals surface area contributed by atoms with Crippen LogP contribution in [0.5, 0.6) is 0 Å². The number of rotatable bonds is 2. The minimum atomic E-state index is -1.13.